The van der Waals surface area contributed by atoms with Crippen LogP contribution in [0.5, 0.6) is 0 Å². The number of aliphatic hydroxyl groups is 2. The van der Waals surface area contributed by atoms with Gasteiger partial charge in [-0.15, -0.1) is 0 Å². The van der Waals surface area contributed by atoms with Crippen LogP contribution in [0.3, 0.4) is 0 Å². The average Bonchev–Trinajstić information content (AvgIpc) is 3.30. The molecule has 1 amide bonds. The number of hydrogen-bond donors (Lipinski definition) is 3. The molecule has 0 aliphatic rings. The second-order valence-corrected chi connectivity index (χ2v) is 19.8. The molecule has 0 heterocycles. The molecule has 0 radical (unpaired) electrons. The minimum absolute atomic E-state index is 0.0736. The summed E-state index contributed by atoms with van der Waals surface area (Å²) in [6.45, 7) is 6.49. The van der Waals surface area contributed by atoms with Gasteiger partial charge in [-0.2, -0.15) is 0 Å². The van der Waals surface area contributed by atoms with Crippen LogP contribution in [0.1, 0.15) is 303 Å². The predicted molar refractivity (Wildman–Crippen MR) is 282 cm³/mol. The van der Waals surface area contributed by atoms with Crippen LogP contribution in [0.2, 0.25) is 0 Å². The fourth-order valence-electron chi connectivity index (χ4n) is 8.90. The molecule has 3 N–H and O–H groups in total. The van der Waals surface area contributed by atoms with E-state index in [1.54, 1.807) is 0 Å². The number of amides is 1. The van der Waals surface area contributed by atoms with Crippen molar-refractivity contribution >= 4 is 11.9 Å². The number of nitrogens with one attached hydrogen (secondary N) is 1. The summed E-state index contributed by atoms with van der Waals surface area (Å²) in [5, 5.41) is 23.9. The zero-order valence-electron chi connectivity index (χ0n) is 43.6. The van der Waals surface area contributed by atoms with Crippen LogP contribution in [-0.2, 0) is 14.3 Å². The quantitative estimate of drug-likeness (QED) is 0.0321. The van der Waals surface area contributed by atoms with Crippen LogP contribution < -0.4 is 5.32 Å². The van der Waals surface area contributed by atoms with Crippen LogP contribution in [0, 0.1) is 0 Å². The van der Waals surface area contributed by atoms with E-state index in [4.69, 9.17) is 4.74 Å². The van der Waals surface area contributed by atoms with E-state index < -0.39 is 18.2 Å². The Kier molecular flexibility index (Phi) is 51.5. The molecule has 0 aromatic heterocycles. The van der Waals surface area contributed by atoms with Gasteiger partial charge < -0.3 is 20.3 Å². The van der Waals surface area contributed by atoms with Gasteiger partial charge in [0.05, 0.1) is 25.2 Å². The Morgan fingerprint density at radius 3 is 1.17 bits per heavy atom. The molecule has 0 saturated carbocycles. The lowest BCUT2D eigenvalue weighted by molar-refractivity contribution is -0.151. The molecule has 0 aromatic rings. The highest BCUT2D eigenvalue weighted by molar-refractivity contribution is 5.77. The van der Waals surface area contributed by atoms with Crippen molar-refractivity contribution in [3.05, 3.63) is 36.5 Å². The van der Waals surface area contributed by atoms with Crippen molar-refractivity contribution in [2.75, 3.05) is 6.61 Å². The van der Waals surface area contributed by atoms with Gasteiger partial charge in [0.25, 0.3) is 0 Å². The second-order valence-electron chi connectivity index (χ2n) is 19.8. The number of ether oxygens (including phenoxy) is 1. The van der Waals surface area contributed by atoms with Crippen molar-refractivity contribution in [1.29, 1.82) is 0 Å². The highest BCUT2D eigenvalue weighted by Gasteiger charge is 2.24. The molecule has 3 unspecified atom stereocenters. The maximum atomic E-state index is 13.2. The van der Waals surface area contributed by atoms with Gasteiger partial charge in [-0.3, -0.25) is 9.59 Å². The van der Waals surface area contributed by atoms with Gasteiger partial charge in [0.2, 0.25) is 5.91 Å². The second kappa shape index (κ2) is 53.0. The van der Waals surface area contributed by atoms with Crippen LogP contribution in [0.25, 0.3) is 0 Å². The van der Waals surface area contributed by atoms with Crippen molar-refractivity contribution in [2.45, 2.75) is 322 Å². The third-order valence-corrected chi connectivity index (χ3v) is 13.3. The van der Waals surface area contributed by atoms with Crippen molar-refractivity contribution in [3.8, 4) is 0 Å². The number of esters is 1. The standard InChI is InChI=1S/C59H111NO5/c1-4-7-10-13-16-19-22-25-27-29-30-32-34-37-40-43-46-49-52-59(64)65-55(50-47-44-41-38-35-24-21-18-15-12-9-6-3)53-58(63)60-56(54-61)57(62)51-48-45-42-39-36-33-31-28-26-23-20-17-14-11-8-5-2/h22,25,27,29-30,32,55-57,61-62H,4-21,23-24,26,28,31,33-54H2,1-3H3,(H,60,63)/b25-22+,29-27+,32-30+. The zero-order chi connectivity index (χ0) is 47.4. The molecular weight excluding hydrogens is 803 g/mol. The number of carbonyl (C=O) groups is 2. The van der Waals surface area contributed by atoms with Gasteiger partial charge in [0.15, 0.2) is 0 Å². The predicted octanol–water partition coefficient (Wildman–Crippen LogP) is 17.6. The van der Waals surface area contributed by atoms with Crippen molar-refractivity contribution < 1.29 is 24.5 Å². The van der Waals surface area contributed by atoms with Crippen LogP contribution in [-0.4, -0.2) is 46.9 Å². The highest BCUT2D eigenvalue weighted by atomic mass is 16.5. The largest absolute Gasteiger partial charge is 0.462 e. The average molecular weight is 915 g/mol. The Balaban J connectivity index is 4.51. The number of hydrogen-bond acceptors (Lipinski definition) is 5. The molecule has 0 aromatic carbocycles. The number of allylic oxidation sites excluding steroid dienone is 6. The van der Waals surface area contributed by atoms with Crippen LogP contribution >= 0.6 is 0 Å². The Morgan fingerprint density at radius 2 is 0.785 bits per heavy atom. The minimum Gasteiger partial charge on any atom is -0.462 e. The van der Waals surface area contributed by atoms with E-state index in [0.717, 1.165) is 64.2 Å². The van der Waals surface area contributed by atoms with E-state index in [2.05, 4.69) is 62.5 Å². The molecule has 6 heteroatoms. The van der Waals surface area contributed by atoms with Gasteiger partial charge in [-0.1, -0.05) is 276 Å². The molecule has 0 aliphatic carbocycles. The number of aliphatic hydroxyl groups excluding tert-OH is 2. The van der Waals surface area contributed by atoms with Gasteiger partial charge in [0.1, 0.15) is 6.10 Å². The normalized spacial score (nSPS) is 13.4. The fourth-order valence-corrected chi connectivity index (χ4v) is 8.90. The maximum absolute atomic E-state index is 13.2. The third kappa shape index (κ3) is 48.3. The smallest absolute Gasteiger partial charge is 0.306 e. The summed E-state index contributed by atoms with van der Waals surface area (Å²) in [5.74, 6) is -0.481. The van der Waals surface area contributed by atoms with Crippen molar-refractivity contribution in [2.24, 2.45) is 0 Å². The maximum Gasteiger partial charge on any atom is 0.306 e. The third-order valence-electron chi connectivity index (χ3n) is 13.3. The summed E-state index contributed by atoms with van der Waals surface area (Å²) in [7, 11) is 0. The van der Waals surface area contributed by atoms with E-state index in [-0.39, 0.29) is 24.9 Å². The minimum atomic E-state index is -0.789. The Bertz CT molecular complexity index is 1070. The molecule has 0 rings (SSSR count). The molecule has 6 nitrogen and oxygen atoms in total. The summed E-state index contributed by atoms with van der Waals surface area (Å²) in [5.41, 5.74) is 0. The van der Waals surface area contributed by atoms with Crippen LogP contribution in [0.4, 0.5) is 0 Å². The monoisotopic (exact) mass is 914 g/mol. The number of rotatable bonds is 52. The topological polar surface area (TPSA) is 95.9 Å². The summed E-state index contributed by atoms with van der Waals surface area (Å²) in [6, 6.07) is -0.703. The molecule has 0 bridgehead atoms. The first-order valence-electron chi connectivity index (χ1n) is 28.7. The molecule has 0 saturated heterocycles. The molecule has 382 valence electrons. The van der Waals surface area contributed by atoms with E-state index in [1.807, 2.05) is 0 Å². The van der Waals surface area contributed by atoms with E-state index in [0.29, 0.717) is 19.3 Å². The molecule has 3 atom stereocenters. The Morgan fingerprint density at radius 1 is 0.446 bits per heavy atom. The SMILES string of the molecule is CCCCCCC/C=C/C=C/C=C/CCCCCCCC(=O)OC(CCCCCCCCCCCCCC)CC(=O)NC(CO)C(O)CCCCCCCCCCCCCCCCCC. The summed E-state index contributed by atoms with van der Waals surface area (Å²) < 4.78 is 5.95. The van der Waals surface area contributed by atoms with E-state index in [1.165, 1.54) is 193 Å². The molecular formula is C59H111NO5. The van der Waals surface area contributed by atoms with Crippen molar-refractivity contribution in [3.63, 3.8) is 0 Å². The Hall–Kier alpha value is -1.92. The lowest BCUT2D eigenvalue weighted by Gasteiger charge is -2.24. The Labute approximate surface area is 404 Å². The summed E-state index contributed by atoms with van der Waals surface area (Å²) >= 11 is 0. The fraction of sp³-hybridized carbons (Fsp3) is 0.864. The molecule has 0 aliphatic heterocycles. The molecule has 0 spiro atoms. The first kappa shape index (κ1) is 63.1. The lowest BCUT2D eigenvalue weighted by Crippen LogP contribution is -2.46. The summed E-state index contributed by atoms with van der Waals surface area (Å²) in [6.07, 6.45) is 63.5. The first-order chi connectivity index (χ1) is 32.0. The van der Waals surface area contributed by atoms with Crippen molar-refractivity contribution in [1.82, 2.24) is 5.32 Å². The first-order valence-corrected chi connectivity index (χ1v) is 28.7. The van der Waals surface area contributed by atoms with Crippen LogP contribution in [0.15, 0.2) is 36.5 Å². The molecule has 0 fully saturated rings. The number of unbranched alkanes of at least 4 members (excludes halogenated alkanes) is 36. The van der Waals surface area contributed by atoms with Gasteiger partial charge in [-0.05, 0) is 51.4 Å². The van der Waals surface area contributed by atoms with E-state index >= 15 is 0 Å². The molecule has 65 heavy (non-hydrogen) atoms. The zero-order valence-corrected chi connectivity index (χ0v) is 43.6. The van der Waals surface area contributed by atoms with E-state index in [9.17, 15) is 19.8 Å². The van der Waals surface area contributed by atoms with Gasteiger partial charge in [0, 0.05) is 6.42 Å². The van der Waals surface area contributed by atoms with Gasteiger partial charge in [-0.25, -0.2) is 0 Å². The number of carbonyl (C=O) groups excluding carboxylic acids is 2. The highest BCUT2D eigenvalue weighted by Crippen LogP contribution is 2.19. The lowest BCUT2D eigenvalue weighted by atomic mass is 10.0. The van der Waals surface area contributed by atoms with Gasteiger partial charge >= 0.3 is 5.97 Å². The summed E-state index contributed by atoms with van der Waals surface area (Å²) in [4.78, 5) is 26.2.